The monoisotopic (exact) mass is 247 g/mol. The zero-order valence-corrected chi connectivity index (χ0v) is 9.77. The molecule has 13 heavy (non-hydrogen) atoms. The van der Waals surface area contributed by atoms with Crippen LogP contribution in [0.25, 0.3) is 0 Å². The van der Waals surface area contributed by atoms with Gasteiger partial charge in [0, 0.05) is 17.3 Å². The lowest BCUT2D eigenvalue weighted by Crippen LogP contribution is -2.37. The Morgan fingerprint density at radius 2 is 2.00 bits per heavy atom. The van der Waals surface area contributed by atoms with Gasteiger partial charge in [0.1, 0.15) is 0 Å². The highest BCUT2D eigenvalue weighted by Crippen LogP contribution is 2.24. The van der Waals surface area contributed by atoms with Crippen molar-refractivity contribution in [3.63, 3.8) is 0 Å². The summed E-state index contributed by atoms with van der Waals surface area (Å²) in [7, 11) is 0. The lowest BCUT2D eigenvalue weighted by molar-refractivity contribution is -0.122. The molecule has 1 aliphatic rings. The summed E-state index contributed by atoms with van der Waals surface area (Å²) in [6.45, 7) is 2.04. The van der Waals surface area contributed by atoms with E-state index in [0.29, 0.717) is 17.3 Å². The van der Waals surface area contributed by atoms with Gasteiger partial charge in [-0.25, -0.2) is 0 Å². The number of hydrogen-bond donors (Lipinski definition) is 1. The van der Waals surface area contributed by atoms with Crippen molar-refractivity contribution in [1.29, 1.82) is 0 Å². The minimum atomic E-state index is 0.223. The molecule has 0 aromatic rings. The Hall–Kier alpha value is -0.0500. The van der Waals surface area contributed by atoms with E-state index < -0.39 is 0 Å². The number of carbonyl (C=O) groups excluding carboxylic acids is 1. The zero-order chi connectivity index (χ0) is 9.68. The van der Waals surface area contributed by atoms with Crippen LogP contribution < -0.4 is 5.32 Å². The van der Waals surface area contributed by atoms with Gasteiger partial charge in [-0.3, -0.25) is 4.79 Å². The van der Waals surface area contributed by atoms with Gasteiger partial charge in [-0.05, 0) is 32.1 Å². The van der Waals surface area contributed by atoms with Gasteiger partial charge >= 0.3 is 0 Å². The Kier molecular flexibility index (Phi) is 4.78. The molecule has 0 spiro atoms. The van der Waals surface area contributed by atoms with Crippen LogP contribution in [-0.4, -0.2) is 16.8 Å². The predicted octanol–water partition coefficient (Wildman–Crippen LogP) is 2.61. The lowest BCUT2D eigenvalue weighted by atomic mass is 9.95. The van der Waals surface area contributed by atoms with E-state index in [0.717, 1.165) is 19.3 Å². The summed E-state index contributed by atoms with van der Waals surface area (Å²) >= 11 is 3.60. The predicted molar refractivity (Wildman–Crippen MR) is 58.0 cm³/mol. The van der Waals surface area contributed by atoms with Crippen molar-refractivity contribution in [3.8, 4) is 0 Å². The molecular weight excluding hydrogens is 230 g/mol. The summed E-state index contributed by atoms with van der Waals surface area (Å²) in [5.41, 5.74) is 0. The summed E-state index contributed by atoms with van der Waals surface area (Å²) in [5, 5.41) is 3.08. The fourth-order valence-corrected chi connectivity index (χ4v) is 2.25. The maximum absolute atomic E-state index is 11.3. The molecule has 0 atom stereocenters. The molecule has 0 aromatic heterocycles. The smallest absolute Gasteiger partial charge is 0.220 e. The third kappa shape index (κ3) is 4.12. The van der Waals surface area contributed by atoms with Crippen LogP contribution >= 0.6 is 15.9 Å². The second kappa shape index (κ2) is 5.63. The average molecular weight is 248 g/mol. The highest BCUT2D eigenvalue weighted by atomic mass is 79.9. The van der Waals surface area contributed by atoms with Crippen molar-refractivity contribution in [2.75, 3.05) is 0 Å². The number of rotatable bonds is 3. The van der Waals surface area contributed by atoms with Crippen molar-refractivity contribution in [1.82, 2.24) is 5.32 Å². The molecule has 1 amide bonds. The zero-order valence-electron chi connectivity index (χ0n) is 8.18. The van der Waals surface area contributed by atoms with Crippen LogP contribution in [0.1, 0.15) is 45.4 Å². The van der Waals surface area contributed by atoms with Crippen molar-refractivity contribution in [3.05, 3.63) is 0 Å². The first-order valence-electron chi connectivity index (χ1n) is 5.15. The Balaban J connectivity index is 2.18. The summed E-state index contributed by atoms with van der Waals surface area (Å²) < 4.78 is 0. The molecule has 0 radical (unpaired) electrons. The normalized spacial score (nSPS) is 28.5. The average Bonchev–Trinajstić information content (AvgIpc) is 2.09. The van der Waals surface area contributed by atoms with Crippen molar-refractivity contribution >= 4 is 21.8 Å². The SMILES string of the molecule is CCCC(=O)NC1CCC(Br)CC1. The van der Waals surface area contributed by atoms with Gasteiger partial charge < -0.3 is 5.32 Å². The topological polar surface area (TPSA) is 29.1 Å². The molecule has 1 N–H and O–H groups in total. The van der Waals surface area contributed by atoms with Gasteiger partial charge in [0.25, 0.3) is 0 Å². The molecule has 0 saturated heterocycles. The van der Waals surface area contributed by atoms with Crippen molar-refractivity contribution in [2.45, 2.75) is 56.3 Å². The Morgan fingerprint density at radius 3 is 2.54 bits per heavy atom. The first-order valence-corrected chi connectivity index (χ1v) is 6.07. The van der Waals surface area contributed by atoms with Crippen LogP contribution in [0.4, 0.5) is 0 Å². The quantitative estimate of drug-likeness (QED) is 0.764. The van der Waals surface area contributed by atoms with Crippen LogP contribution in [0, 0.1) is 0 Å². The van der Waals surface area contributed by atoms with Gasteiger partial charge in [0.2, 0.25) is 5.91 Å². The van der Waals surface area contributed by atoms with E-state index in [9.17, 15) is 4.79 Å². The van der Waals surface area contributed by atoms with Crippen LogP contribution in [-0.2, 0) is 4.79 Å². The summed E-state index contributed by atoms with van der Waals surface area (Å²) in [6, 6.07) is 0.438. The van der Waals surface area contributed by atoms with Gasteiger partial charge in [-0.2, -0.15) is 0 Å². The van der Waals surface area contributed by atoms with E-state index in [-0.39, 0.29) is 5.91 Å². The highest BCUT2D eigenvalue weighted by molar-refractivity contribution is 9.09. The van der Waals surface area contributed by atoms with Crippen LogP contribution in [0.3, 0.4) is 0 Å². The van der Waals surface area contributed by atoms with E-state index in [2.05, 4.69) is 21.2 Å². The molecule has 3 heteroatoms. The molecule has 1 aliphatic carbocycles. The highest BCUT2D eigenvalue weighted by Gasteiger charge is 2.19. The minimum absolute atomic E-state index is 0.223. The summed E-state index contributed by atoms with van der Waals surface area (Å²) in [4.78, 5) is 11.9. The van der Waals surface area contributed by atoms with Gasteiger partial charge in [-0.1, -0.05) is 22.9 Å². The Bertz CT molecular complexity index is 164. The van der Waals surface area contributed by atoms with E-state index >= 15 is 0 Å². The standard InChI is InChI=1S/C10H18BrNO/c1-2-3-10(13)12-9-6-4-8(11)5-7-9/h8-9H,2-7H2,1H3,(H,12,13). The number of hydrogen-bond acceptors (Lipinski definition) is 1. The molecule has 0 bridgehead atoms. The van der Waals surface area contributed by atoms with Gasteiger partial charge in [0.15, 0.2) is 0 Å². The number of amides is 1. The second-order valence-corrected chi connectivity index (χ2v) is 5.06. The number of halogens is 1. The molecule has 0 unspecified atom stereocenters. The molecule has 0 aromatic carbocycles. The third-order valence-electron chi connectivity index (χ3n) is 2.50. The van der Waals surface area contributed by atoms with Crippen molar-refractivity contribution < 1.29 is 4.79 Å². The molecule has 1 fully saturated rings. The number of alkyl halides is 1. The van der Waals surface area contributed by atoms with Crippen molar-refractivity contribution in [2.24, 2.45) is 0 Å². The minimum Gasteiger partial charge on any atom is -0.353 e. The van der Waals surface area contributed by atoms with Gasteiger partial charge in [-0.15, -0.1) is 0 Å². The van der Waals surface area contributed by atoms with Crippen LogP contribution in [0.15, 0.2) is 0 Å². The summed E-state index contributed by atoms with van der Waals surface area (Å²) in [5.74, 6) is 0.223. The first kappa shape index (κ1) is 11.0. The lowest BCUT2D eigenvalue weighted by Gasteiger charge is -2.25. The molecule has 1 rings (SSSR count). The van der Waals surface area contributed by atoms with Crippen LogP contribution in [0.5, 0.6) is 0 Å². The molecule has 1 saturated carbocycles. The maximum atomic E-state index is 11.3. The van der Waals surface area contributed by atoms with Gasteiger partial charge in [0.05, 0.1) is 0 Å². The third-order valence-corrected chi connectivity index (χ3v) is 3.41. The molecule has 0 heterocycles. The number of carbonyl (C=O) groups is 1. The number of nitrogens with one attached hydrogen (secondary N) is 1. The van der Waals surface area contributed by atoms with Crippen LogP contribution in [0.2, 0.25) is 0 Å². The molecule has 2 nitrogen and oxygen atoms in total. The largest absolute Gasteiger partial charge is 0.353 e. The van der Waals surface area contributed by atoms with E-state index in [1.165, 1.54) is 12.8 Å². The first-order chi connectivity index (χ1) is 6.22. The maximum Gasteiger partial charge on any atom is 0.220 e. The molecule has 76 valence electrons. The second-order valence-electron chi connectivity index (χ2n) is 3.77. The Morgan fingerprint density at radius 1 is 1.38 bits per heavy atom. The Labute approximate surface area is 88.6 Å². The van der Waals surface area contributed by atoms with E-state index in [4.69, 9.17) is 0 Å². The fourth-order valence-electron chi connectivity index (χ4n) is 1.72. The summed E-state index contributed by atoms with van der Waals surface area (Å²) in [6.07, 6.45) is 6.26. The fraction of sp³-hybridized carbons (Fsp3) is 0.900. The molecule has 0 aliphatic heterocycles. The molecular formula is C10H18BrNO. The van der Waals surface area contributed by atoms with E-state index in [1.54, 1.807) is 0 Å². The van der Waals surface area contributed by atoms with E-state index in [1.807, 2.05) is 6.92 Å².